The number of unbranched alkanes of at least 4 members (excludes halogenated alkanes) is 1. The Labute approximate surface area is 173 Å². The van der Waals surface area contributed by atoms with E-state index in [9.17, 15) is 5.11 Å². The van der Waals surface area contributed by atoms with Gasteiger partial charge in [-0.1, -0.05) is 75.4 Å². The number of aliphatic hydroxyl groups is 1. The normalized spacial score (nSPS) is 15.4. The van der Waals surface area contributed by atoms with E-state index in [2.05, 4.69) is 52.1 Å². The summed E-state index contributed by atoms with van der Waals surface area (Å²) in [5.74, 6) is 0. The largest absolute Gasteiger partial charge is 0.412 e. The summed E-state index contributed by atoms with van der Waals surface area (Å²) < 4.78 is 12.6. The molecule has 0 amide bonds. The van der Waals surface area contributed by atoms with Crippen LogP contribution < -0.4 is 0 Å². The molecule has 0 saturated heterocycles. The van der Waals surface area contributed by atoms with E-state index in [1.54, 1.807) is 13.0 Å². The number of hydrogen-bond donors (Lipinski definition) is 1. The van der Waals surface area contributed by atoms with Gasteiger partial charge in [-0.25, -0.2) is 0 Å². The highest BCUT2D eigenvalue weighted by Gasteiger charge is 2.39. The fourth-order valence-electron chi connectivity index (χ4n) is 2.52. The minimum Gasteiger partial charge on any atom is -0.412 e. The van der Waals surface area contributed by atoms with Gasteiger partial charge in [-0.05, 0) is 49.9 Å². The van der Waals surface area contributed by atoms with Crippen LogP contribution in [0.5, 0.6) is 0 Å². The van der Waals surface area contributed by atoms with Crippen LogP contribution in [-0.4, -0.2) is 32.2 Å². The Morgan fingerprint density at radius 2 is 1.79 bits per heavy atom. The lowest BCUT2D eigenvalue weighted by Gasteiger charge is -2.39. The Morgan fingerprint density at radius 3 is 2.39 bits per heavy atom. The summed E-state index contributed by atoms with van der Waals surface area (Å²) in [4.78, 5) is 0. The van der Waals surface area contributed by atoms with Crippen molar-refractivity contribution < 1.29 is 14.3 Å². The minimum atomic E-state index is -1.83. The summed E-state index contributed by atoms with van der Waals surface area (Å²) in [6.07, 6.45) is 10.6. The van der Waals surface area contributed by atoms with Crippen LogP contribution in [0, 0.1) is 0 Å². The number of ether oxygens (including phenoxy) is 1. The van der Waals surface area contributed by atoms with Gasteiger partial charge in [0.05, 0.1) is 25.4 Å². The van der Waals surface area contributed by atoms with Gasteiger partial charge in [0, 0.05) is 0 Å². The van der Waals surface area contributed by atoms with Crippen LogP contribution in [0.4, 0.5) is 0 Å². The highest BCUT2D eigenvalue weighted by atomic mass is 28.4. The van der Waals surface area contributed by atoms with E-state index < -0.39 is 14.4 Å². The molecule has 0 aliphatic carbocycles. The molecule has 0 aliphatic heterocycles. The number of rotatable bonds is 12. The van der Waals surface area contributed by atoms with Crippen molar-refractivity contribution in [3.63, 3.8) is 0 Å². The fraction of sp³-hybridized carbons (Fsp3) is 0.583. The van der Waals surface area contributed by atoms with Crippen molar-refractivity contribution in [3.8, 4) is 0 Å². The predicted molar refractivity (Wildman–Crippen MR) is 122 cm³/mol. The molecule has 0 spiro atoms. The van der Waals surface area contributed by atoms with Crippen LogP contribution in [0.1, 0.15) is 52.5 Å². The van der Waals surface area contributed by atoms with Gasteiger partial charge < -0.3 is 14.3 Å². The molecular weight excluding hydrogens is 364 g/mol. The summed E-state index contributed by atoms with van der Waals surface area (Å²) in [6, 6.07) is 10.3. The van der Waals surface area contributed by atoms with Crippen LogP contribution in [0.15, 0.2) is 54.6 Å². The Morgan fingerprint density at radius 1 is 1.11 bits per heavy atom. The van der Waals surface area contributed by atoms with E-state index in [0.29, 0.717) is 13.2 Å². The molecule has 28 heavy (non-hydrogen) atoms. The average molecular weight is 405 g/mol. The van der Waals surface area contributed by atoms with Crippen LogP contribution in [0.25, 0.3) is 0 Å². The van der Waals surface area contributed by atoms with Crippen LogP contribution in [0.2, 0.25) is 18.1 Å². The fourth-order valence-corrected chi connectivity index (χ4v) is 3.89. The molecule has 0 radical (unpaired) electrons. The molecule has 0 heterocycles. The van der Waals surface area contributed by atoms with Gasteiger partial charge in [0.1, 0.15) is 0 Å². The first-order valence-corrected chi connectivity index (χ1v) is 13.3. The second-order valence-electron chi connectivity index (χ2n) is 8.99. The summed E-state index contributed by atoms with van der Waals surface area (Å²) >= 11 is 0. The first-order valence-electron chi connectivity index (χ1n) is 10.4. The molecule has 0 fully saturated rings. The topological polar surface area (TPSA) is 38.7 Å². The first-order chi connectivity index (χ1) is 13.1. The Kier molecular flexibility index (Phi) is 11.0. The molecule has 4 heteroatoms. The zero-order valence-electron chi connectivity index (χ0n) is 18.7. The Balaban J connectivity index is 2.54. The maximum Gasteiger partial charge on any atom is 0.192 e. The van der Waals surface area contributed by atoms with E-state index in [0.717, 1.165) is 19.3 Å². The molecule has 0 saturated carbocycles. The third-order valence-corrected chi connectivity index (χ3v) is 9.75. The third-order valence-electron chi connectivity index (χ3n) is 5.22. The molecule has 3 nitrogen and oxygen atoms in total. The standard InChI is InChI=1S/C24H40O3Si/c1-21(25)15-11-8-7-9-14-18-23(27-28(5,6)24(2,3)4)20-26-19-22-16-12-10-13-17-22/h7-8,10-13,15-17,21,23,25H,9,14,18-20H2,1-6H3/b8-7+,15-11+/t21-,23+/m1/s1. The SMILES string of the molecule is C[C@@H](O)/C=C/C=C/CCC[C@@H](COCc1ccccc1)O[Si](C)(C)C(C)(C)C. The van der Waals surface area contributed by atoms with Gasteiger partial charge in [0.25, 0.3) is 0 Å². The lowest BCUT2D eigenvalue weighted by Crippen LogP contribution is -2.45. The van der Waals surface area contributed by atoms with Crippen molar-refractivity contribution in [1.82, 2.24) is 0 Å². The van der Waals surface area contributed by atoms with Crippen molar-refractivity contribution in [3.05, 3.63) is 60.2 Å². The zero-order chi connectivity index (χ0) is 21.0. The van der Waals surface area contributed by atoms with Gasteiger partial charge in [-0.3, -0.25) is 0 Å². The number of benzene rings is 1. The molecule has 1 rings (SSSR count). The molecule has 2 atom stereocenters. The van der Waals surface area contributed by atoms with Crippen LogP contribution in [0.3, 0.4) is 0 Å². The van der Waals surface area contributed by atoms with Crippen molar-refractivity contribution >= 4 is 8.32 Å². The maximum atomic E-state index is 9.22. The van der Waals surface area contributed by atoms with E-state index in [4.69, 9.17) is 9.16 Å². The highest BCUT2D eigenvalue weighted by Crippen LogP contribution is 2.37. The van der Waals surface area contributed by atoms with E-state index in [1.807, 2.05) is 30.4 Å². The molecule has 158 valence electrons. The molecule has 0 aliphatic rings. The zero-order valence-corrected chi connectivity index (χ0v) is 19.7. The van der Waals surface area contributed by atoms with Gasteiger partial charge in [-0.15, -0.1) is 0 Å². The highest BCUT2D eigenvalue weighted by molar-refractivity contribution is 6.74. The molecule has 0 aromatic heterocycles. The monoisotopic (exact) mass is 404 g/mol. The lowest BCUT2D eigenvalue weighted by atomic mass is 10.1. The van der Waals surface area contributed by atoms with Crippen molar-refractivity contribution in [1.29, 1.82) is 0 Å². The molecule has 1 aromatic rings. The predicted octanol–water partition coefficient (Wildman–Crippen LogP) is 6.26. The Hall–Kier alpha value is -1.20. The van der Waals surface area contributed by atoms with Crippen LogP contribution >= 0.6 is 0 Å². The second kappa shape index (κ2) is 12.4. The molecule has 1 N–H and O–H groups in total. The van der Waals surface area contributed by atoms with Gasteiger partial charge in [0.2, 0.25) is 0 Å². The molecule has 1 aromatic carbocycles. The summed E-state index contributed by atoms with van der Waals surface area (Å²) in [6.45, 7) is 14.4. The van der Waals surface area contributed by atoms with Crippen molar-refractivity contribution in [2.24, 2.45) is 0 Å². The van der Waals surface area contributed by atoms with E-state index in [1.165, 1.54) is 5.56 Å². The molecule has 0 bridgehead atoms. The lowest BCUT2D eigenvalue weighted by molar-refractivity contribution is 0.0298. The molecule has 0 unspecified atom stereocenters. The van der Waals surface area contributed by atoms with E-state index >= 15 is 0 Å². The van der Waals surface area contributed by atoms with Gasteiger partial charge in [0.15, 0.2) is 8.32 Å². The molecular formula is C24H40O3Si. The minimum absolute atomic E-state index is 0.131. The summed E-state index contributed by atoms with van der Waals surface area (Å²) in [5, 5.41) is 9.41. The first kappa shape index (κ1) is 24.8. The quantitative estimate of drug-likeness (QED) is 0.254. The van der Waals surface area contributed by atoms with Crippen LogP contribution in [-0.2, 0) is 15.8 Å². The van der Waals surface area contributed by atoms with Gasteiger partial charge >= 0.3 is 0 Å². The number of hydrogen-bond acceptors (Lipinski definition) is 3. The average Bonchev–Trinajstić information content (AvgIpc) is 2.60. The maximum absolute atomic E-state index is 9.22. The summed E-state index contributed by atoms with van der Waals surface area (Å²) in [5.41, 5.74) is 1.20. The smallest absolute Gasteiger partial charge is 0.192 e. The van der Waals surface area contributed by atoms with Crippen molar-refractivity contribution in [2.45, 2.75) is 83.9 Å². The second-order valence-corrected chi connectivity index (χ2v) is 13.7. The third kappa shape index (κ3) is 10.4. The summed E-state index contributed by atoms with van der Waals surface area (Å²) in [7, 11) is -1.83. The Bertz CT molecular complexity index is 586. The number of aliphatic hydroxyl groups excluding tert-OH is 1. The van der Waals surface area contributed by atoms with Gasteiger partial charge in [-0.2, -0.15) is 0 Å². The van der Waals surface area contributed by atoms with Crippen molar-refractivity contribution in [2.75, 3.05) is 6.61 Å². The number of allylic oxidation sites excluding steroid dienone is 3. The van der Waals surface area contributed by atoms with E-state index in [-0.39, 0.29) is 11.1 Å².